The summed E-state index contributed by atoms with van der Waals surface area (Å²) in [5.74, 6) is 1.15. The van der Waals surface area contributed by atoms with Crippen LogP contribution in [0.5, 0.6) is 0 Å². The van der Waals surface area contributed by atoms with Gasteiger partial charge in [-0.05, 0) is 58.3 Å². The summed E-state index contributed by atoms with van der Waals surface area (Å²) in [6, 6.07) is 47.9. The van der Waals surface area contributed by atoms with E-state index in [2.05, 4.69) is 155 Å². The molecule has 1 aliphatic heterocycles. The quantitative estimate of drug-likeness (QED) is 0.209. The predicted octanol–water partition coefficient (Wildman–Crippen LogP) is 9.70. The van der Waals surface area contributed by atoms with Crippen LogP contribution in [0, 0.1) is 0 Å². The third kappa shape index (κ3) is 3.31. The van der Waals surface area contributed by atoms with E-state index in [0.717, 1.165) is 23.6 Å². The molecule has 0 fully saturated rings. The Labute approximate surface area is 244 Å². The van der Waals surface area contributed by atoms with E-state index in [1.165, 1.54) is 55.2 Å². The average molecular weight is 538 g/mol. The lowest BCUT2D eigenvalue weighted by atomic mass is 9.91. The highest BCUT2D eigenvalue weighted by Gasteiger charge is 2.40. The van der Waals surface area contributed by atoms with Gasteiger partial charge in [0.25, 0.3) is 0 Å². The molecule has 5 aromatic carbocycles. The topological polar surface area (TPSA) is 20.5 Å². The van der Waals surface area contributed by atoms with Gasteiger partial charge in [-0.25, -0.2) is 4.98 Å². The van der Waals surface area contributed by atoms with E-state index >= 15 is 0 Å². The summed E-state index contributed by atoms with van der Waals surface area (Å²) in [6.45, 7) is 0. The Balaban J connectivity index is 1.41. The number of hydrogen-bond donors (Lipinski definition) is 0. The molecule has 198 valence electrons. The number of para-hydroxylation sites is 1. The Morgan fingerprint density at radius 3 is 2.05 bits per heavy atom. The van der Waals surface area contributed by atoms with Crippen molar-refractivity contribution in [2.24, 2.45) is 0 Å². The summed E-state index contributed by atoms with van der Waals surface area (Å²) < 4.78 is 2.42. The van der Waals surface area contributed by atoms with Crippen LogP contribution < -0.4 is 4.90 Å². The van der Waals surface area contributed by atoms with Gasteiger partial charge in [-0.1, -0.05) is 121 Å². The van der Waals surface area contributed by atoms with Gasteiger partial charge in [-0.2, -0.15) is 0 Å². The third-order valence-corrected chi connectivity index (χ3v) is 8.84. The molecule has 0 saturated carbocycles. The van der Waals surface area contributed by atoms with Crippen molar-refractivity contribution < 1.29 is 0 Å². The second kappa shape index (κ2) is 9.05. The van der Waals surface area contributed by atoms with Crippen LogP contribution in [0.3, 0.4) is 0 Å². The highest BCUT2D eigenvalue weighted by Crippen LogP contribution is 2.51. The SMILES string of the molecule is C1=C(c2ccccc2)C=C2c3nc4c5ccccc5c5c(-c6ccccc6)cccc5n4c3N(c3ccccc3)C2C1. The van der Waals surface area contributed by atoms with Crippen LogP contribution in [0.25, 0.3) is 49.6 Å². The smallest absolute Gasteiger partial charge is 0.147 e. The molecule has 2 aromatic heterocycles. The number of pyridine rings is 1. The first-order chi connectivity index (χ1) is 20.9. The highest BCUT2D eigenvalue weighted by molar-refractivity contribution is 6.18. The first-order valence-corrected chi connectivity index (χ1v) is 14.6. The molecule has 0 radical (unpaired) electrons. The van der Waals surface area contributed by atoms with Gasteiger partial charge < -0.3 is 4.90 Å². The molecule has 1 atom stereocenters. The predicted molar refractivity (Wildman–Crippen MR) is 175 cm³/mol. The number of imidazole rings is 1. The van der Waals surface area contributed by atoms with Crippen LogP contribution in [-0.2, 0) is 0 Å². The second-order valence-corrected chi connectivity index (χ2v) is 11.1. The number of aromatic nitrogens is 2. The molecule has 2 aliphatic rings. The van der Waals surface area contributed by atoms with Crippen LogP contribution >= 0.6 is 0 Å². The summed E-state index contributed by atoms with van der Waals surface area (Å²) in [5.41, 5.74) is 10.7. The number of benzene rings is 5. The van der Waals surface area contributed by atoms with Gasteiger partial charge in [0.1, 0.15) is 17.2 Å². The van der Waals surface area contributed by atoms with Gasteiger partial charge >= 0.3 is 0 Å². The molecule has 3 heteroatoms. The Morgan fingerprint density at radius 2 is 1.29 bits per heavy atom. The molecule has 0 N–H and O–H groups in total. The standard InChI is InChI=1S/C39H27N3/c1-4-13-26(14-5-1)28-23-24-34-33(25-28)37-39(41(34)29-17-8-3-9-18-29)42-35-22-12-21-30(27-15-6-2-7-16-27)36(35)31-19-10-11-20-32(31)38(42)40-37/h1-23,25,34H,24H2. The lowest BCUT2D eigenvalue weighted by molar-refractivity contribution is 0.818. The molecule has 7 aromatic rings. The minimum Gasteiger partial charge on any atom is -0.318 e. The normalized spacial score (nSPS) is 16.0. The maximum absolute atomic E-state index is 5.49. The molecule has 0 spiro atoms. The number of rotatable bonds is 3. The van der Waals surface area contributed by atoms with E-state index in [1.54, 1.807) is 0 Å². The molecule has 1 aliphatic carbocycles. The minimum absolute atomic E-state index is 0.188. The summed E-state index contributed by atoms with van der Waals surface area (Å²) in [7, 11) is 0. The number of fused-ring (bicyclic) bond motifs is 10. The molecule has 3 nitrogen and oxygen atoms in total. The van der Waals surface area contributed by atoms with Crippen molar-refractivity contribution in [3.63, 3.8) is 0 Å². The maximum Gasteiger partial charge on any atom is 0.147 e. The van der Waals surface area contributed by atoms with Crippen molar-refractivity contribution >= 4 is 50.0 Å². The first-order valence-electron chi connectivity index (χ1n) is 14.6. The Hall–Kier alpha value is -5.41. The zero-order valence-corrected chi connectivity index (χ0v) is 23.0. The first kappa shape index (κ1) is 23.3. The fourth-order valence-electron chi connectivity index (χ4n) is 7.03. The zero-order valence-electron chi connectivity index (χ0n) is 23.0. The van der Waals surface area contributed by atoms with Crippen LogP contribution in [0.15, 0.2) is 146 Å². The fourth-order valence-corrected chi connectivity index (χ4v) is 7.03. The Morgan fingerprint density at radius 1 is 0.619 bits per heavy atom. The van der Waals surface area contributed by atoms with Gasteiger partial charge in [-0.15, -0.1) is 0 Å². The van der Waals surface area contributed by atoms with Crippen molar-refractivity contribution in [1.82, 2.24) is 9.38 Å². The van der Waals surface area contributed by atoms with Gasteiger partial charge in [0.05, 0.1) is 11.6 Å². The molecule has 9 rings (SSSR count). The zero-order chi connectivity index (χ0) is 27.6. The maximum atomic E-state index is 5.49. The van der Waals surface area contributed by atoms with Crippen LogP contribution in [0.4, 0.5) is 11.5 Å². The summed E-state index contributed by atoms with van der Waals surface area (Å²) in [4.78, 5) is 8.00. The number of nitrogens with zero attached hydrogens (tertiary/aromatic N) is 3. The highest BCUT2D eigenvalue weighted by atomic mass is 15.3. The molecular weight excluding hydrogens is 510 g/mol. The lowest BCUT2D eigenvalue weighted by Gasteiger charge is -2.30. The van der Waals surface area contributed by atoms with Crippen molar-refractivity contribution in [2.45, 2.75) is 12.5 Å². The van der Waals surface area contributed by atoms with Crippen molar-refractivity contribution in [1.29, 1.82) is 0 Å². The molecule has 42 heavy (non-hydrogen) atoms. The van der Waals surface area contributed by atoms with Gasteiger partial charge in [0, 0.05) is 22.0 Å². The Kier molecular flexibility index (Phi) is 5.02. The van der Waals surface area contributed by atoms with E-state index in [-0.39, 0.29) is 6.04 Å². The van der Waals surface area contributed by atoms with E-state index in [9.17, 15) is 0 Å². The summed E-state index contributed by atoms with van der Waals surface area (Å²) >= 11 is 0. The number of hydrogen-bond acceptors (Lipinski definition) is 2. The molecular formula is C39H27N3. The summed E-state index contributed by atoms with van der Waals surface area (Å²) in [5, 5.41) is 3.66. The van der Waals surface area contributed by atoms with Gasteiger partial charge in [0.2, 0.25) is 0 Å². The number of anilines is 2. The lowest BCUT2D eigenvalue weighted by Crippen LogP contribution is -2.28. The van der Waals surface area contributed by atoms with Gasteiger partial charge in [0.15, 0.2) is 0 Å². The fraction of sp³-hybridized carbons (Fsp3) is 0.0513. The molecule has 0 saturated heterocycles. The molecule has 0 bridgehead atoms. The van der Waals surface area contributed by atoms with E-state index in [4.69, 9.17) is 4.98 Å². The van der Waals surface area contributed by atoms with Crippen molar-refractivity contribution in [3.8, 4) is 11.1 Å². The van der Waals surface area contributed by atoms with Gasteiger partial charge in [-0.3, -0.25) is 4.40 Å². The second-order valence-electron chi connectivity index (χ2n) is 11.1. The molecule has 0 amide bonds. The van der Waals surface area contributed by atoms with E-state index in [0.29, 0.717) is 0 Å². The number of allylic oxidation sites excluding steroid dienone is 2. The Bertz CT molecular complexity index is 2210. The van der Waals surface area contributed by atoms with Crippen LogP contribution in [-0.4, -0.2) is 15.4 Å². The molecule has 3 heterocycles. The average Bonchev–Trinajstić information content (AvgIpc) is 3.61. The monoisotopic (exact) mass is 537 g/mol. The van der Waals surface area contributed by atoms with Crippen molar-refractivity contribution in [2.75, 3.05) is 4.90 Å². The summed E-state index contributed by atoms with van der Waals surface area (Å²) in [6.07, 6.45) is 5.68. The van der Waals surface area contributed by atoms with Crippen LogP contribution in [0.1, 0.15) is 17.7 Å². The minimum atomic E-state index is 0.188. The van der Waals surface area contributed by atoms with E-state index < -0.39 is 0 Å². The van der Waals surface area contributed by atoms with Crippen LogP contribution in [0.2, 0.25) is 0 Å². The van der Waals surface area contributed by atoms with E-state index in [1.807, 2.05) is 0 Å². The molecule has 1 unspecified atom stereocenters. The third-order valence-electron chi connectivity index (χ3n) is 8.84. The van der Waals surface area contributed by atoms with Crippen molar-refractivity contribution in [3.05, 3.63) is 157 Å². The largest absolute Gasteiger partial charge is 0.318 e.